The predicted octanol–water partition coefficient (Wildman–Crippen LogP) is 2.72. The number of nitrogens with zero attached hydrogens (tertiary/aromatic N) is 2. The molecule has 1 atom stereocenters. The van der Waals surface area contributed by atoms with Crippen molar-refractivity contribution in [1.29, 1.82) is 0 Å². The summed E-state index contributed by atoms with van der Waals surface area (Å²) in [5.74, 6) is 2.11. The standard InChI is InChI=1S/C16H22F3N3O2S.HI/c17-16(18,19)24-14-3-1-12(2-4-14)9-13(11-23)10-21-15(20)22-5-7-25-8-6-22;/h1-4,13,23H,5-11H2,(H2,20,21);1H. The quantitative estimate of drug-likeness (QED) is 0.354. The Morgan fingerprint density at radius 2 is 1.88 bits per heavy atom. The lowest BCUT2D eigenvalue weighted by Gasteiger charge is -2.27. The smallest absolute Gasteiger partial charge is 0.406 e. The van der Waals surface area contributed by atoms with Gasteiger partial charge in [-0.15, -0.1) is 37.1 Å². The van der Waals surface area contributed by atoms with Crippen molar-refractivity contribution < 1.29 is 23.0 Å². The summed E-state index contributed by atoms with van der Waals surface area (Å²) in [4.78, 5) is 6.38. The molecule has 1 saturated heterocycles. The number of nitrogens with two attached hydrogens (primary N) is 1. The third-order valence-corrected chi connectivity index (χ3v) is 4.73. The molecule has 148 valence electrons. The van der Waals surface area contributed by atoms with Crippen LogP contribution in [0.3, 0.4) is 0 Å². The van der Waals surface area contributed by atoms with Crippen molar-refractivity contribution in [3.63, 3.8) is 0 Å². The number of ether oxygens (including phenoxy) is 1. The first kappa shape index (κ1) is 23.2. The predicted molar refractivity (Wildman–Crippen MR) is 108 cm³/mol. The second kappa shape index (κ2) is 11.1. The van der Waals surface area contributed by atoms with Crippen LogP contribution in [0.25, 0.3) is 0 Å². The van der Waals surface area contributed by atoms with Crippen molar-refractivity contribution in [3.05, 3.63) is 29.8 Å². The topological polar surface area (TPSA) is 71.1 Å². The molecule has 0 saturated carbocycles. The van der Waals surface area contributed by atoms with Crippen LogP contribution in [0.4, 0.5) is 13.2 Å². The summed E-state index contributed by atoms with van der Waals surface area (Å²) in [6, 6.07) is 5.64. The van der Waals surface area contributed by atoms with Gasteiger partial charge in [-0.3, -0.25) is 4.99 Å². The van der Waals surface area contributed by atoms with E-state index >= 15 is 0 Å². The fraction of sp³-hybridized carbons (Fsp3) is 0.562. The maximum absolute atomic E-state index is 12.1. The van der Waals surface area contributed by atoms with E-state index in [0.717, 1.165) is 30.2 Å². The molecule has 0 radical (unpaired) electrons. The lowest BCUT2D eigenvalue weighted by molar-refractivity contribution is -0.274. The average molecular weight is 505 g/mol. The highest BCUT2D eigenvalue weighted by Crippen LogP contribution is 2.23. The molecular formula is C16H23F3IN3O2S. The fourth-order valence-electron chi connectivity index (χ4n) is 2.46. The molecule has 1 aromatic carbocycles. The van der Waals surface area contributed by atoms with Crippen LogP contribution < -0.4 is 10.5 Å². The minimum absolute atomic E-state index is 0. The summed E-state index contributed by atoms with van der Waals surface area (Å²) in [6.07, 6.45) is -4.20. The number of thioether (sulfide) groups is 1. The maximum Gasteiger partial charge on any atom is 0.573 e. The van der Waals surface area contributed by atoms with E-state index in [-0.39, 0.29) is 42.3 Å². The van der Waals surface area contributed by atoms with Crippen LogP contribution in [-0.2, 0) is 6.42 Å². The molecule has 2 rings (SSSR count). The highest BCUT2D eigenvalue weighted by Gasteiger charge is 2.30. The first-order valence-corrected chi connectivity index (χ1v) is 9.11. The van der Waals surface area contributed by atoms with E-state index in [4.69, 9.17) is 5.73 Å². The number of benzene rings is 1. The van der Waals surface area contributed by atoms with Crippen LogP contribution >= 0.6 is 35.7 Å². The average Bonchev–Trinajstić information content (AvgIpc) is 2.59. The molecule has 3 N–H and O–H groups in total. The zero-order chi connectivity index (χ0) is 18.3. The normalized spacial score (nSPS) is 16.8. The van der Waals surface area contributed by atoms with Crippen LogP contribution in [-0.4, -0.2) is 60.1 Å². The Kier molecular flexibility index (Phi) is 9.86. The second-order valence-corrected chi connectivity index (χ2v) is 6.97. The third kappa shape index (κ3) is 8.21. The number of aliphatic hydroxyl groups is 1. The van der Waals surface area contributed by atoms with Crippen molar-refractivity contribution in [1.82, 2.24) is 4.90 Å². The molecule has 0 aromatic heterocycles. The van der Waals surface area contributed by atoms with Gasteiger partial charge in [0.2, 0.25) is 0 Å². The number of alkyl halides is 3. The lowest BCUT2D eigenvalue weighted by atomic mass is 10.0. The van der Waals surface area contributed by atoms with E-state index in [2.05, 4.69) is 9.73 Å². The first-order chi connectivity index (χ1) is 11.9. The Morgan fingerprint density at radius 1 is 1.27 bits per heavy atom. The number of hydrogen-bond donors (Lipinski definition) is 2. The van der Waals surface area contributed by atoms with Gasteiger partial charge in [-0.1, -0.05) is 12.1 Å². The van der Waals surface area contributed by atoms with Gasteiger partial charge in [0, 0.05) is 43.7 Å². The number of halogens is 4. The van der Waals surface area contributed by atoms with Gasteiger partial charge in [0.15, 0.2) is 5.96 Å². The van der Waals surface area contributed by atoms with Crippen LogP contribution in [0.5, 0.6) is 5.75 Å². The van der Waals surface area contributed by atoms with E-state index in [1.54, 1.807) is 12.1 Å². The molecule has 1 unspecified atom stereocenters. The zero-order valence-electron chi connectivity index (χ0n) is 14.1. The number of aliphatic imine (C=N–C) groups is 1. The Labute approximate surface area is 172 Å². The summed E-state index contributed by atoms with van der Waals surface area (Å²) in [5, 5.41) is 9.52. The Morgan fingerprint density at radius 3 is 2.42 bits per heavy atom. The molecule has 1 aliphatic rings. The van der Waals surface area contributed by atoms with Crippen molar-refractivity contribution in [3.8, 4) is 5.75 Å². The summed E-state index contributed by atoms with van der Waals surface area (Å²) in [5.41, 5.74) is 6.79. The van der Waals surface area contributed by atoms with Crippen molar-refractivity contribution >= 4 is 41.7 Å². The van der Waals surface area contributed by atoms with Gasteiger partial charge in [-0.25, -0.2) is 0 Å². The van der Waals surface area contributed by atoms with Crippen LogP contribution in [0.2, 0.25) is 0 Å². The number of hydrogen-bond acceptors (Lipinski definition) is 4. The Hall–Kier alpha value is -0.880. The van der Waals surface area contributed by atoms with E-state index in [9.17, 15) is 18.3 Å². The Bertz CT molecular complexity index is 567. The van der Waals surface area contributed by atoms with Crippen molar-refractivity contribution in [2.45, 2.75) is 12.8 Å². The lowest BCUT2D eigenvalue weighted by Crippen LogP contribution is -2.43. The summed E-state index contributed by atoms with van der Waals surface area (Å²) in [7, 11) is 0. The zero-order valence-corrected chi connectivity index (χ0v) is 17.3. The van der Waals surface area contributed by atoms with Crippen molar-refractivity contribution in [2.24, 2.45) is 16.6 Å². The monoisotopic (exact) mass is 505 g/mol. The molecule has 0 spiro atoms. The van der Waals surface area contributed by atoms with Crippen LogP contribution in [0, 0.1) is 5.92 Å². The third-order valence-electron chi connectivity index (χ3n) is 3.79. The molecule has 0 aliphatic carbocycles. The summed E-state index contributed by atoms with van der Waals surface area (Å²) in [6.45, 7) is 2.02. The molecule has 26 heavy (non-hydrogen) atoms. The van der Waals surface area contributed by atoms with Crippen LogP contribution in [0.15, 0.2) is 29.3 Å². The van der Waals surface area contributed by atoms with Gasteiger partial charge in [0.25, 0.3) is 0 Å². The number of guanidine groups is 1. The summed E-state index contributed by atoms with van der Waals surface area (Å²) < 4.78 is 40.3. The molecular weight excluding hydrogens is 482 g/mol. The molecule has 1 aliphatic heterocycles. The van der Waals surface area contributed by atoms with E-state index < -0.39 is 6.36 Å². The summed E-state index contributed by atoms with van der Waals surface area (Å²) >= 11 is 1.88. The largest absolute Gasteiger partial charge is 0.573 e. The van der Waals surface area contributed by atoms with Crippen molar-refractivity contribution in [2.75, 3.05) is 37.7 Å². The first-order valence-electron chi connectivity index (χ1n) is 7.95. The van der Waals surface area contributed by atoms with E-state index in [1.807, 2.05) is 16.7 Å². The van der Waals surface area contributed by atoms with E-state index in [1.165, 1.54) is 12.1 Å². The highest BCUT2D eigenvalue weighted by molar-refractivity contribution is 14.0. The fourth-order valence-corrected chi connectivity index (χ4v) is 3.37. The SMILES string of the molecule is I.NC(=NCC(CO)Cc1ccc(OC(F)(F)F)cc1)N1CCSCC1. The molecule has 10 heteroatoms. The molecule has 1 heterocycles. The molecule has 1 fully saturated rings. The second-order valence-electron chi connectivity index (χ2n) is 5.74. The highest BCUT2D eigenvalue weighted by atomic mass is 127. The molecule has 0 bridgehead atoms. The minimum atomic E-state index is -4.70. The number of rotatable bonds is 6. The van der Waals surface area contributed by atoms with Gasteiger partial charge in [-0.05, 0) is 24.1 Å². The molecule has 1 aromatic rings. The molecule has 5 nitrogen and oxygen atoms in total. The van der Waals surface area contributed by atoms with Gasteiger partial charge in [0.1, 0.15) is 5.75 Å². The maximum atomic E-state index is 12.1. The van der Waals surface area contributed by atoms with Gasteiger partial charge < -0.3 is 20.5 Å². The van der Waals surface area contributed by atoms with Gasteiger partial charge in [0.05, 0.1) is 0 Å². The van der Waals surface area contributed by atoms with Crippen LogP contribution in [0.1, 0.15) is 5.56 Å². The minimum Gasteiger partial charge on any atom is -0.406 e. The van der Waals surface area contributed by atoms with Gasteiger partial charge in [-0.2, -0.15) is 11.8 Å². The Balaban J connectivity index is 0.00000338. The molecule has 0 amide bonds. The van der Waals surface area contributed by atoms with E-state index in [0.29, 0.717) is 18.9 Å². The number of aliphatic hydroxyl groups excluding tert-OH is 1. The van der Waals surface area contributed by atoms with Gasteiger partial charge >= 0.3 is 6.36 Å².